The lowest BCUT2D eigenvalue weighted by Crippen LogP contribution is -2.35. The summed E-state index contributed by atoms with van der Waals surface area (Å²) < 4.78 is 2.36. The van der Waals surface area contributed by atoms with Gasteiger partial charge >= 0.3 is 0 Å². The highest BCUT2D eigenvalue weighted by Gasteiger charge is 2.22. The molecule has 1 nitrogen and oxygen atoms in total. The van der Waals surface area contributed by atoms with Gasteiger partial charge < -0.3 is 0 Å². The van der Waals surface area contributed by atoms with Crippen LogP contribution in [0.5, 0.6) is 0 Å². The van der Waals surface area contributed by atoms with E-state index in [2.05, 4.69) is 113 Å². The Balaban J connectivity index is 1.99. The van der Waals surface area contributed by atoms with Gasteiger partial charge in [0, 0.05) is 13.0 Å². The fourth-order valence-corrected chi connectivity index (χ4v) is 4.84. The maximum absolute atomic E-state index is 2.42. The van der Waals surface area contributed by atoms with E-state index in [9.17, 15) is 0 Å². The number of benzene rings is 3. The van der Waals surface area contributed by atoms with Gasteiger partial charge in [0.2, 0.25) is 5.69 Å². The van der Waals surface area contributed by atoms with E-state index >= 15 is 0 Å². The molecular weight excluding hydrogens is 374 g/mol. The maximum atomic E-state index is 2.42. The molecule has 0 fully saturated rings. The second kappa shape index (κ2) is 8.67. The summed E-state index contributed by atoms with van der Waals surface area (Å²) >= 11 is 0. The summed E-state index contributed by atoms with van der Waals surface area (Å²) in [6.07, 6.45) is 2.37. The number of hydrogen-bond acceptors (Lipinski definition) is 0. The number of hydrogen-bond donors (Lipinski definition) is 0. The smallest absolute Gasteiger partial charge is 0.198 e. The van der Waals surface area contributed by atoms with Crippen LogP contribution in [0.3, 0.4) is 0 Å². The Labute approximate surface area is 187 Å². The first-order valence-corrected chi connectivity index (χ1v) is 11.5. The van der Waals surface area contributed by atoms with Crippen molar-refractivity contribution in [3.63, 3.8) is 0 Å². The highest BCUT2D eigenvalue weighted by molar-refractivity contribution is 5.95. The summed E-state index contributed by atoms with van der Waals surface area (Å²) in [5, 5.41) is 2.67. The maximum Gasteiger partial charge on any atom is 0.220 e. The average molecular weight is 409 g/mol. The Morgan fingerprint density at radius 3 is 2.16 bits per heavy atom. The van der Waals surface area contributed by atoms with Gasteiger partial charge in [0.15, 0.2) is 5.69 Å². The Bertz CT molecular complexity index is 1230. The zero-order chi connectivity index (χ0) is 22.1. The van der Waals surface area contributed by atoms with Gasteiger partial charge in [-0.3, -0.25) is 0 Å². The summed E-state index contributed by atoms with van der Waals surface area (Å²) in [7, 11) is 2.20. The van der Waals surface area contributed by atoms with Crippen LogP contribution in [0.4, 0.5) is 0 Å². The Kier molecular flexibility index (Phi) is 5.96. The molecule has 0 N–H and O–H groups in total. The van der Waals surface area contributed by atoms with Crippen LogP contribution in [0, 0.1) is 20.8 Å². The molecule has 0 aliphatic rings. The Morgan fingerprint density at radius 1 is 0.774 bits per heavy atom. The minimum atomic E-state index is 0.632. The van der Waals surface area contributed by atoms with Crippen molar-refractivity contribution in [1.29, 1.82) is 0 Å². The van der Waals surface area contributed by atoms with E-state index in [1.54, 1.807) is 0 Å². The molecule has 1 aromatic heterocycles. The molecule has 0 aliphatic heterocycles. The van der Waals surface area contributed by atoms with E-state index in [0.29, 0.717) is 5.92 Å². The molecule has 0 atom stereocenters. The monoisotopic (exact) mass is 408 g/mol. The van der Waals surface area contributed by atoms with Gasteiger partial charge in [-0.25, -0.2) is 0 Å². The molecule has 0 saturated heterocycles. The molecule has 0 aliphatic carbocycles. The first-order valence-electron chi connectivity index (χ1n) is 11.5. The van der Waals surface area contributed by atoms with Crippen molar-refractivity contribution in [2.75, 3.05) is 0 Å². The number of nitrogens with zero attached hydrogens (tertiary/aromatic N) is 1. The third-order valence-electron chi connectivity index (χ3n) is 7.05. The molecule has 0 spiro atoms. The molecular formula is C30H34N+. The first-order chi connectivity index (χ1) is 14.9. The highest BCUT2D eigenvalue weighted by atomic mass is 14.9. The number of aromatic nitrogens is 1. The normalized spacial score (nSPS) is 11.5. The van der Waals surface area contributed by atoms with Gasteiger partial charge in [-0.15, -0.1) is 0 Å². The van der Waals surface area contributed by atoms with Crippen LogP contribution in [-0.2, 0) is 7.05 Å². The predicted octanol–water partition coefficient (Wildman–Crippen LogP) is 7.83. The average Bonchev–Trinajstić information content (AvgIpc) is 2.78. The van der Waals surface area contributed by atoms with Crippen molar-refractivity contribution < 1.29 is 4.57 Å². The lowest BCUT2D eigenvalue weighted by molar-refractivity contribution is -0.665. The Morgan fingerprint density at radius 2 is 1.48 bits per heavy atom. The molecule has 31 heavy (non-hydrogen) atoms. The largest absolute Gasteiger partial charge is 0.220 e. The third-order valence-corrected chi connectivity index (χ3v) is 7.05. The second-order valence-corrected chi connectivity index (χ2v) is 8.89. The molecule has 0 radical (unpaired) electrons. The fraction of sp³-hybridized carbons (Fsp3) is 0.300. The molecule has 0 saturated carbocycles. The molecule has 0 unspecified atom stereocenters. The fourth-order valence-electron chi connectivity index (χ4n) is 4.84. The minimum Gasteiger partial charge on any atom is -0.198 e. The summed E-state index contributed by atoms with van der Waals surface area (Å²) in [6, 6.07) is 24.9. The van der Waals surface area contributed by atoms with Crippen LogP contribution in [-0.4, -0.2) is 0 Å². The first kappa shape index (κ1) is 21.3. The van der Waals surface area contributed by atoms with Crippen LogP contribution >= 0.6 is 0 Å². The standard InChI is InChI=1S/C30H34N/c1-7-23(8-2)25-14-15-28-27(18-25)17-21(4)31(6)30(28)29-19-26(16-20(3)22(29)5)24-12-10-9-11-13-24/h9-19,23H,7-8H2,1-6H3/q+1. The van der Waals surface area contributed by atoms with Gasteiger partial charge in [0.05, 0.1) is 10.9 Å². The van der Waals surface area contributed by atoms with Gasteiger partial charge in [0.1, 0.15) is 7.05 Å². The molecule has 4 aromatic rings. The Hall–Kier alpha value is -2.93. The zero-order valence-electron chi connectivity index (χ0n) is 19.8. The molecule has 4 rings (SSSR count). The van der Waals surface area contributed by atoms with Crippen LogP contribution in [0.15, 0.2) is 66.7 Å². The second-order valence-electron chi connectivity index (χ2n) is 8.89. The molecule has 1 heterocycles. The van der Waals surface area contributed by atoms with Gasteiger partial charge in [-0.2, -0.15) is 4.57 Å². The van der Waals surface area contributed by atoms with E-state index < -0.39 is 0 Å². The SMILES string of the molecule is CCC(CC)c1ccc2c(-c3cc(-c4ccccc4)cc(C)c3C)[n+](C)c(C)cc2c1. The van der Waals surface area contributed by atoms with Crippen molar-refractivity contribution in [3.8, 4) is 22.4 Å². The summed E-state index contributed by atoms with van der Waals surface area (Å²) in [5.74, 6) is 0.632. The van der Waals surface area contributed by atoms with Crippen LogP contribution in [0.25, 0.3) is 33.2 Å². The van der Waals surface area contributed by atoms with Gasteiger partial charge in [0.25, 0.3) is 0 Å². The van der Waals surface area contributed by atoms with E-state index in [1.165, 1.54) is 68.4 Å². The quantitative estimate of drug-likeness (QED) is 0.296. The van der Waals surface area contributed by atoms with E-state index in [1.807, 2.05) is 0 Å². The van der Waals surface area contributed by atoms with E-state index in [-0.39, 0.29) is 0 Å². The molecule has 0 bridgehead atoms. The molecule has 3 aromatic carbocycles. The van der Waals surface area contributed by atoms with Crippen molar-refractivity contribution >= 4 is 10.8 Å². The highest BCUT2D eigenvalue weighted by Crippen LogP contribution is 2.35. The van der Waals surface area contributed by atoms with Crippen molar-refractivity contribution in [3.05, 3.63) is 89.1 Å². The number of fused-ring (bicyclic) bond motifs is 1. The summed E-state index contributed by atoms with van der Waals surface area (Å²) in [5.41, 5.74) is 10.6. The number of rotatable bonds is 5. The molecule has 0 amide bonds. The molecule has 158 valence electrons. The van der Waals surface area contributed by atoms with Crippen molar-refractivity contribution in [2.45, 2.75) is 53.4 Å². The number of aryl methyl sites for hydroxylation is 2. The summed E-state index contributed by atoms with van der Waals surface area (Å²) in [4.78, 5) is 0. The predicted molar refractivity (Wildman–Crippen MR) is 134 cm³/mol. The summed E-state index contributed by atoms with van der Waals surface area (Å²) in [6.45, 7) is 11.3. The molecule has 1 heteroatoms. The van der Waals surface area contributed by atoms with Crippen LogP contribution in [0.2, 0.25) is 0 Å². The lowest BCUT2D eigenvalue weighted by Gasteiger charge is -2.16. The van der Waals surface area contributed by atoms with E-state index in [4.69, 9.17) is 0 Å². The van der Waals surface area contributed by atoms with Crippen molar-refractivity contribution in [1.82, 2.24) is 0 Å². The topological polar surface area (TPSA) is 3.88 Å². The van der Waals surface area contributed by atoms with E-state index in [0.717, 1.165) is 0 Å². The third kappa shape index (κ3) is 3.90. The zero-order valence-corrected chi connectivity index (χ0v) is 19.8. The van der Waals surface area contributed by atoms with Crippen LogP contribution < -0.4 is 4.57 Å². The van der Waals surface area contributed by atoms with Crippen molar-refractivity contribution in [2.24, 2.45) is 7.05 Å². The van der Waals surface area contributed by atoms with Gasteiger partial charge in [-0.1, -0.05) is 62.4 Å². The number of pyridine rings is 1. The minimum absolute atomic E-state index is 0.632. The van der Waals surface area contributed by atoms with Crippen LogP contribution in [0.1, 0.15) is 55.0 Å². The lowest BCUT2D eigenvalue weighted by atomic mass is 9.89. The van der Waals surface area contributed by atoms with Gasteiger partial charge in [-0.05, 0) is 77.9 Å².